The van der Waals surface area contributed by atoms with E-state index < -0.39 is 9.39 Å². The van der Waals surface area contributed by atoms with Gasteiger partial charge >= 0.3 is 0 Å². The van der Waals surface area contributed by atoms with E-state index in [4.69, 9.17) is 0 Å². The Hall–Kier alpha value is -4.38. The molecule has 1 aliphatic rings. The molecule has 0 radical (unpaired) electrons. The zero-order chi connectivity index (χ0) is 31.6. The molecule has 0 aliphatic carbocycles. The van der Waals surface area contributed by atoms with Crippen molar-refractivity contribution < 1.29 is 4.39 Å². The number of nitrogens with zero attached hydrogens (tertiary/aromatic N) is 4. The topological polar surface area (TPSA) is 103 Å². The van der Waals surface area contributed by atoms with E-state index in [0.717, 1.165) is 64.0 Å². The maximum atomic E-state index is 14.7. The number of piperidine rings is 1. The second-order valence-corrected chi connectivity index (χ2v) is 14.9. The number of nitrogens with one attached hydrogen (secondary N) is 4. The van der Waals surface area contributed by atoms with Gasteiger partial charge in [-0.15, -0.1) is 0 Å². The molecule has 0 amide bonds. The van der Waals surface area contributed by atoms with E-state index in [2.05, 4.69) is 71.0 Å². The lowest BCUT2D eigenvalue weighted by Crippen LogP contribution is -2.28. The van der Waals surface area contributed by atoms with Crippen LogP contribution < -0.4 is 15.4 Å². The first-order valence-corrected chi connectivity index (χ1v) is 17.4. The Morgan fingerprint density at radius 3 is 2.58 bits per heavy atom. The minimum Gasteiger partial charge on any atom is -0.339 e. The van der Waals surface area contributed by atoms with E-state index in [0.29, 0.717) is 29.6 Å². The molecule has 1 saturated heterocycles. The molecule has 0 unspecified atom stereocenters. The Bertz CT molecular complexity index is 1980. The summed E-state index contributed by atoms with van der Waals surface area (Å²) in [7, 11) is -1.42. The smallest absolute Gasteiger partial charge is 0.181 e. The van der Waals surface area contributed by atoms with Gasteiger partial charge in [0.2, 0.25) is 0 Å². The van der Waals surface area contributed by atoms with E-state index in [1.54, 1.807) is 6.20 Å². The van der Waals surface area contributed by atoms with Gasteiger partial charge in [0.25, 0.3) is 0 Å². The zero-order valence-electron chi connectivity index (χ0n) is 25.8. The molecule has 0 saturated carbocycles. The van der Waals surface area contributed by atoms with Crippen LogP contribution in [0.5, 0.6) is 0 Å². The summed E-state index contributed by atoms with van der Waals surface area (Å²) in [4.78, 5) is 13.7. The predicted octanol–water partition coefficient (Wildman–Crippen LogP) is 6.46. The van der Waals surface area contributed by atoms with Crippen molar-refractivity contribution >= 4 is 43.7 Å². The third-order valence-corrected chi connectivity index (χ3v) is 9.03. The van der Waals surface area contributed by atoms with Crippen LogP contribution in [0, 0.1) is 18.7 Å². The molecule has 0 bridgehead atoms. The monoisotopic (exact) mass is 622 g/mol. The summed E-state index contributed by atoms with van der Waals surface area (Å²) in [6, 6.07) is 11.2. The summed E-state index contributed by atoms with van der Waals surface area (Å²) in [5.74, 6) is 9.10. The molecular formula is C35H39FN8S. The predicted molar refractivity (Wildman–Crippen MR) is 188 cm³/mol. The van der Waals surface area contributed by atoms with Crippen molar-refractivity contribution in [1.29, 1.82) is 0 Å². The van der Waals surface area contributed by atoms with Crippen molar-refractivity contribution in [3.63, 3.8) is 0 Å². The van der Waals surface area contributed by atoms with Crippen LogP contribution in [-0.4, -0.2) is 56.2 Å². The first-order chi connectivity index (χ1) is 21.6. The molecule has 4 N–H and O–H groups in total. The summed E-state index contributed by atoms with van der Waals surface area (Å²) >= 11 is 0. The first-order valence-electron chi connectivity index (χ1n) is 15.0. The number of H-pyrrole nitrogens is 1. The van der Waals surface area contributed by atoms with E-state index in [1.165, 1.54) is 30.5 Å². The van der Waals surface area contributed by atoms with Gasteiger partial charge in [-0.2, -0.15) is 14.5 Å². The summed E-state index contributed by atoms with van der Waals surface area (Å²) in [6.45, 7) is 8.90. The number of pyridine rings is 3. The molecule has 1 aromatic carbocycles. The third kappa shape index (κ3) is 7.30. The SMILES string of the molecule is C=C(Nc1nccc(-c2cc(F)cc(CNS(=C)(=C)C)c2)c1C)c1[nH]nc2ncc(-c3cncc(CC4CCNCC4)c3)cc12. The number of hydrogen-bond acceptors (Lipinski definition) is 7. The van der Waals surface area contributed by atoms with E-state index >= 15 is 0 Å². The highest BCUT2D eigenvalue weighted by Gasteiger charge is 2.17. The molecule has 0 spiro atoms. The van der Waals surface area contributed by atoms with Gasteiger partial charge in [-0.25, -0.2) is 14.4 Å². The van der Waals surface area contributed by atoms with Gasteiger partial charge in [-0.1, -0.05) is 18.3 Å². The summed E-state index contributed by atoms with van der Waals surface area (Å²) < 4.78 is 18.0. The number of rotatable bonds is 10. The standard InChI is InChI=1S/C35H39FN8S/c1-22-31(27-13-26(15-30(36)16-27)19-41-45(3,4)5)8-11-39-34(22)42-23(2)33-32-17-29(21-40-35(32)44-43-33)28-14-25(18-38-20-28)12-24-6-9-37-10-7-24/h8,11,13-18,20-21,24,37,41H,2-4,6-7,9-10,12,19H2,1,5H3,(H,39,42)(H,40,43,44). The minimum atomic E-state index is -1.42. The number of hydrogen-bond donors (Lipinski definition) is 4. The lowest BCUT2D eigenvalue weighted by Gasteiger charge is -2.22. The van der Waals surface area contributed by atoms with Crippen LogP contribution in [-0.2, 0) is 13.0 Å². The molecule has 232 valence electrons. The van der Waals surface area contributed by atoms with Crippen LogP contribution >= 0.6 is 9.39 Å². The van der Waals surface area contributed by atoms with Crippen LogP contribution in [0.3, 0.4) is 0 Å². The normalized spacial score (nSPS) is 14.1. The largest absolute Gasteiger partial charge is 0.339 e. The van der Waals surface area contributed by atoms with Gasteiger partial charge < -0.3 is 10.6 Å². The lowest BCUT2D eigenvalue weighted by atomic mass is 9.91. The third-order valence-electron chi connectivity index (χ3n) is 8.19. The Morgan fingerprint density at radius 1 is 1.00 bits per heavy atom. The Balaban J connectivity index is 1.24. The zero-order valence-corrected chi connectivity index (χ0v) is 26.6. The van der Waals surface area contributed by atoms with E-state index in [9.17, 15) is 4.39 Å². The van der Waals surface area contributed by atoms with Crippen molar-refractivity contribution in [2.75, 3.05) is 24.7 Å². The van der Waals surface area contributed by atoms with Crippen molar-refractivity contribution in [1.82, 2.24) is 35.2 Å². The Labute approximate surface area is 264 Å². The van der Waals surface area contributed by atoms with Gasteiger partial charge in [0, 0.05) is 47.8 Å². The molecule has 1 fully saturated rings. The quantitative estimate of drug-likeness (QED) is 0.133. The van der Waals surface area contributed by atoms with Crippen molar-refractivity contribution in [2.24, 2.45) is 5.92 Å². The average molecular weight is 623 g/mol. The second-order valence-electron chi connectivity index (χ2n) is 12.1. The van der Waals surface area contributed by atoms with Gasteiger partial charge in [0.1, 0.15) is 11.6 Å². The van der Waals surface area contributed by atoms with Crippen LogP contribution in [0.25, 0.3) is 39.0 Å². The number of anilines is 1. The van der Waals surface area contributed by atoms with Gasteiger partial charge in [0.05, 0.1) is 11.4 Å². The van der Waals surface area contributed by atoms with Crippen LogP contribution in [0.2, 0.25) is 0 Å². The maximum Gasteiger partial charge on any atom is 0.181 e. The number of aromatic nitrogens is 5. The average Bonchev–Trinajstić information content (AvgIpc) is 3.45. The first kappa shape index (κ1) is 30.6. The number of halogens is 1. The molecule has 10 heteroatoms. The van der Waals surface area contributed by atoms with Crippen LogP contribution in [0.1, 0.15) is 35.2 Å². The maximum absolute atomic E-state index is 14.7. The van der Waals surface area contributed by atoms with Crippen LogP contribution in [0.4, 0.5) is 10.2 Å². The highest BCUT2D eigenvalue weighted by Crippen LogP contribution is 2.32. The molecule has 45 heavy (non-hydrogen) atoms. The van der Waals surface area contributed by atoms with Gasteiger partial charge in [0.15, 0.2) is 5.65 Å². The highest BCUT2D eigenvalue weighted by atomic mass is 32.2. The Morgan fingerprint density at radius 2 is 1.78 bits per heavy atom. The molecule has 1 aliphatic heterocycles. The van der Waals surface area contributed by atoms with Gasteiger partial charge in [-0.05, 0) is 116 Å². The second kappa shape index (κ2) is 12.9. The van der Waals surface area contributed by atoms with E-state index in [-0.39, 0.29) is 5.82 Å². The highest BCUT2D eigenvalue weighted by molar-refractivity contribution is 8.25. The fraction of sp³-hybridized carbons (Fsp3) is 0.257. The van der Waals surface area contributed by atoms with Crippen LogP contribution in [0.15, 0.2) is 67.8 Å². The van der Waals surface area contributed by atoms with E-state index in [1.807, 2.05) is 43.9 Å². The molecular weight excluding hydrogens is 584 g/mol. The van der Waals surface area contributed by atoms with Crippen molar-refractivity contribution in [3.05, 3.63) is 96.0 Å². The molecule has 6 rings (SSSR count). The van der Waals surface area contributed by atoms with Crippen molar-refractivity contribution in [3.8, 4) is 22.3 Å². The lowest BCUT2D eigenvalue weighted by molar-refractivity contribution is 0.372. The molecule has 5 aromatic rings. The molecule has 0 atom stereocenters. The summed E-state index contributed by atoms with van der Waals surface area (Å²) in [5.41, 5.74) is 8.46. The number of benzene rings is 1. The summed E-state index contributed by atoms with van der Waals surface area (Å²) in [5, 5.41) is 15.2. The number of fused-ring (bicyclic) bond motifs is 1. The molecule has 8 nitrogen and oxygen atoms in total. The van der Waals surface area contributed by atoms with Crippen molar-refractivity contribution in [2.45, 2.75) is 32.7 Å². The number of aromatic amines is 1. The van der Waals surface area contributed by atoms with Gasteiger partial charge in [-0.3, -0.25) is 14.8 Å². The molecule has 4 aromatic heterocycles. The fourth-order valence-electron chi connectivity index (χ4n) is 5.81. The summed E-state index contributed by atoms with van der Waals surface area (Å²) in [6.07, 6.45) is 12.8. The molecule has 5 heterocycles. The fourth-order valence-corrected chi connectivity index (χ4v) is 6.32. The minimum absolute atomic E-state index is 0.302. The Kier molecular flexibility index (Phi) is 8.80.